The van der Waals surface area contributed by atoms with Gasteiger partial charge in [-0.25, -0.2) is 0 Å². The maximum atomic E-state index is 10.6. The monoisotopic (exact) mass is 233 g/mol. The minimum absolute atomic E-state index is 0.285. The molecule has 0 amide bonds. The summed E-state index contributed by atoms with van der Waals surface area (Å²) >= 11 is 0. The molecule has 88 valence electrons. The third-order valence-corrected chi connectivity index (χ3v) is 2.19. The van der Waals surface area contributed by atoms with E-state index in [4.69, 9.17) is 9.47 Å². The first kappa shape index (κ1) is 11.2. The highest BCUT2D eigenvalue weighted by atomic mass is 16.5. The lowest BCUT2D eigenvalue weighted by molar-refractivity contribution is 0.112. The number of carbonyl (C=O) groups excluding carboxylic acids is 1. The van der Waals surface area contributed by atoms with Crippen LogP contribution in [0, 0.1) is 0 Å². The largest absolute Gasteiger partial charge is 0.493 e. The number of methoxy groups -OCH3 is 1. The molecule has 5 nitrogen and oxygen atoms in total. The van der Waals surface area contributed by atoms with Gasteiger partial charge in [-0.3, -0.25) is 4.79 Å². The Hall–Kier alpha value is -2.30. The van der Waals surface area contributed by atoms with Crippen molar-refractivity contribution in [2.24, 2.45) is 0 Å². The number of nitrogens with zero attached hydrogens (tertiary/aromatic N) is 1. The van der Waals surface area contributed by atoms with Gasteiger partial charge in [0.05, 0.1) is 7.11 Å². The molecule has 1 heterocycles. The number of ether oxygens (including phenoxy) is 2. The molecule has 0 aliphatic heterocycles. The fraction of sp³-hybridized carbons (Fsp3) is 0.167. The molecule has 0 unspecified atom stereocenters. The van der Waals surface area contributed by atoms with Gasteiger partial charge in [-0.2, -0.15) is 0 Å². The van der Waals surface area contributed by atoms with Gasteiger partial charge in [0.2, 0.25) is 0 Å². The van der Waals surface area contributed by atoms with Crippen molar-refractivity contribution in [3.05, 3.63) is 41.8 Å². The standard InChI is InChI=1S/C12H11NO4/c1-15-12-6-9(7-14)2-3-11(12)16-8-10-4-5-17-13-10/h2-7H,8H2,1H3. The van der Waals surface area contributed by atoms with Crippen LogP contribution >= 0.6 is 0 Å². The molecule has 2 rings (SSSR count). The number of aldehydes is 1. The average Bonchev–Trinajstić information content (AvgIpc) is 2.89. The number of hydrogen-bond acceptors (Lipinski definition) is 5. The molecule has 2 aromatic rings. The van der Waals surface area contributed by atoms with Gasteiger partial charge in [0.25, 0.3) is 0 Å². The highest BCUT2D eigenvalue weighted by Gasteiger charge is 2.06. The van der Waals surface area contributed by atoms with Gasteiger partial charge in [-0.1, -0.05) is 5.16 Å². The number of benzene rings is 1. The fourth-order valence-electron chi connectivity index (χ4n) is 1.34. The Morgan fingerprint density at radius 1 is 1.35 bits per heavy atom. The molecule has 5 heteroatoms. The van der Waals surface area contributed by atoms with Crippen LogP contribution in [0.25, 0.3) is 0 Å². The van der Waals surface area contributed by atoms with E-state index < -0.39 is 0 Å². The summed E-state index contributed by atoms with van der Waals surface area (Å²) in [5, 5.41) is 3.72. The smallest absolute Gasteiger partial charge is 0.161 e. The zero-order valence-electron chi connectivity index (χ0n) is 9.25. The molecule has 0 aliphatic carbocycles. The Morgan fingerprint density at radius 3 is 2.88 bits per heavy atom. The molecule has 0 saturated carbocycles. The maximum Gasteiger partial charge on any atom is 0.161 e. The fourth-order valence-corrected chi connectivity index (χ4v) is 1.34. The SMILES string of the molecule is COc1cc(C=O)ccc1OCc1ccon1. The summed E-state index contributed by atoms with van der Waals surface area (Å²) in [6.07, 6.45) is 2.23. The molecular formula is C12H11NO4. The molecule has 0 aliphatic rings. The van der Waals surface area contributed by atoms with Crippen molar-refractivity contribution in [1.82, 2.24) is 5.16 Å². The molecule has 0 fully saturated rings. The highest BCUT2D eigenvalue weighted by Crippen LogP contribution is 2.28. The lowest BCUT2D eigenvalue weighted by atomic mass is 10.2. The van der Waals surface area contributed by atoms with Crippen LogP contribution in [0.2, 0.25) is 0 Å². The molecule has 1 aromatic heterocycles. The maximum absolute atomic E-state index is 10.6. The van der Waals surface area contributed by atoms with Crippen LogP contribution in [0.15, 0.2) is 35.1 Å². The summed E-state index contributed by atoms with van der Waals surface area (Å²) in [5.41, 5.74) is 1.22. The Balaban J connectivity index is 2.12. The van der Waals surface area contributed by atoms with E-state index in [0.29, 0.717) is 22.8 Å². The molecule has 0 bridgehead atoms. The Labute approximate surface area is 97.9 Å². The van der Waals surface area contributed by atoms with Crippen LogP contribution in [0.3, 0.4) is 0 Å². The third-order valence-electron chi connectivity index (χ3n) is 2.19. The summed E-state index contributed by atoms with van der Waals surface area (Å²) in [7, 11) is 1.52. The zero-order valence-corrected chi connectivity index (χ0v) is 9.25. The molecule has 0 radical (unpaired) electrons. The Morgan fingerprint density at radius 2 is 2.24 bits per heavy atom. The van der Waals surface area contributed by atoms with Crippen molar-refractivity contribution in [3.63, 3.8) is 0 Å². The summed E-state index contributed by atoms with van der Waals surface area (Å²) in [6.45, 7) is 0.285. The van der Waals surface area contributed by atoms with Gasteiger partial charge in [-0.15, -0.1) is 0 Å². The van der Waals surface area contributed by atoms with E-state index in [-0.39, 0.29) is 6.61 Å². The zero-order chi connectivity index (χ0) is 12.1. The van der Waals surface area contributed by atoms with Gasteiger partial charge in [-0.05, 0) is 18.2 Å². The Kier molecular flexibility index (Phi) is 3.40. The minimum Gasteiger partial charge on any atom is -0.493 e. The molecule has 17 heavy (non-hydrogen) atoms. The van der Waals surface area contributed by atoms with Gasteiger partial charge in [0.15, 0.2) is 11.5 Å². The molecule has 0 saturated heterocycles. The molecule has 0 atom stereocenters. The van der Waals surface area contributed by atoms with Crippen LogP contribution in [-0.2, 0) is 6.61 Å². The molecule has 0 N–H and O–H groups in total. The highest BCUT2D eigenvalue weighted by molar-refractivity contribution is 5.76. The van der Waals surface area contributed by atoms with E-state index >= 15 is 0 Å². The lowest BCUT2D eigenvalue weighted by Gasteiger charge is -2.09. The van der Waals surface area contributed by atoms with E-state index in [1.807, 2.05) is 0 Å². The van der Waals surface area contributed by atoms with Crippen LogP contribution in [0.4, 0.5) is 0 Å². The first-order valence-electron chi connectivity index (χ1n) is 4.99. The topological polar surface area (TPSA) is 61.6 Å². The first-order chi connectivity index (χ1) is 8.33. The lowest BCUT2D eigenvalue weighted by Crippen LogP contribution is -1.98. The van der Waals surface area contributed by atoms with Gasteiger partial charge in [0.1, 0.15) is 24.9 Å². The number of hydrogen-bond donors (Lipinski definition) is 0. The van der Waals surface area contributed by atoms with E-state index in [0.717, 1.165) is 6.29 Å². The van der Waals surface area contributed by atoms with E-state index in [1.165, 1.54) is 13.4 Å². The van der Waals surface area contributed by atoms with Crippen molar-refractivity contribution < 1.29 is 18.8 Å². The van der Waals surface area contributed by atoms with Crippen molar-refractivity contribution in [2.45, 2.75) is 6.61 Å². The minimum atomic E-state index is 0.285. The van der Waals surface area contributed by atoms with Crippen molar-refractivity contribution in [3.8, 4) is 11.5 Å². The second-order valence-corrected chi connectivity index (χ2v) is 3.31. The Bertz CT molecular complexity index is 493. The summed E-state index contributed by atoms with van der Waals surface area (Å²) in [6, 6.07) is 6.67. The third kappa shape index (κ3) is 2.63. The summed E-state index contributed by atoms with van der Waals surface area (Å²) in [4.78, 5) is 10.6. The van der Waals surface area contributed by atoms with Crippen LogP contribution < -0.4 is 9.47 Å². The van der Waals surface area contributed by atoms with E-state index in [2.05, 4.69) is 9.68 Å². The molecule has 0 spiro atoms. The summed E-state index contributed by atoms with van der Waals surface area (Å²) < 4.78 is 15.3. The van der Waals surface area contributed by atoms with Crippen LogP contribution in [0.1, 0.15) is 16.1 Å². The predicted molar refractivity (Wildman–Crippen MR) is 59.2 cm³/mol. The average molecular weight is 233 g/mol. The quantitative estimate of drug-likeness (QED) is 0.740. The van der Waals surface area contributed by atoms with Crippen molar-refractivity contribution in [2.75, 3.05) is 7.11 Å². The van der Waals surface area contributed by atoms with E-state index in [9.17, 15) is 4.79 Å². The second-order valence-electron chi connectivity index (χ2n) is 3.31. The number of carbonyl (C=O) groups is 1. The van der Waals surface area contributed by atoms with Gasteiger partial charge in [0, 0.05) is 11.6 Å². The van der Waals surface area contributed by atoms with Crippen LogP contribution in [-0.4, -0.2) is 18.6 Å². The normalized spacial score (nSPS) is 9.94. The number of rotatable bonds is 5. The molecular weight excluding hydrogens is 222 g/mol. The molecule has 1 aromatic carbocycles. The number of aromatic nitrogens is 1. The van der Waals surface area contributed by atoms with Crippen LogP contribution in [0.5, 0.6) is 11.5 Å². The van der Waals surface area contributed by atoms with Gasteiger partial charge < -0.3 is 14.0 Å². The van der Waals surface area contributed by atoms with E-state index in [1.54, 1.807) is 24.3 Å². The van der Waals surface area contributed by atoms with Crippen molar-refractivity contribution in [1.29, 1.82) is 0 Å². The predicted octanol–water partition coefficient (Wildman–Crippen LogP) is 2.07. The van der Waals surface area contributed by atoms with Crippen molar-refractivity contribution >= 4 is 6.29 Å². The first-order valence-corrected chi connectivity index (χ1v) is 4.99. The second kappa shape index (κ2) is 5.16. The summed E-state index contributed by atoms with van der Waals surface area (Å²) in [5.74, 6) is 1.07. The van der Waals surface area contributed by atoms with Gasteiger partial charge >= 0.3 is 0 Å².